The van der Waals surface area contributed by atoms with E-state index in [9.17, 15) is 18.4 Å². The number of hydrogen-bond donors (Lipinski definition) is 0. The first kappa shape index (κ1) is 18.8. The van der Waals surface area contributed by atoms with Gasteiger partial charge in [-0.15, -0.1) is 0 Å². The Balaban J connectivity index is 2.11. The maximum atomic E-state index is 14.4. The standard InChI is InChI=1S/C20H11BrF3NO2/c1-26-20-9-16(23)13(8-17(20)24)12-3-2-4-18(14(12)10-25)27-19-6-5-11(22)7-15(19)21/h2-9H,1H3. The van der Waals surface area contributed by atoms with Crippen LogP contribution in [0.4, 0.5) is 13.2 Å². The zero-order valence-electron chi connectivity index (χ0n) is 13.9. The summed E-state index contributed by atoms with van der Waals surface area (Å²) in [7, 11) is 1.23. The SMILES string of the molecule is COc1cc(F)c(-c2cccc(Oc3ccc(F)cc3Br)c2C#N)cc1F. The average Bonchev–Trinajstić information content (AvgIpc) is 2.65. The molecule has 0 spiro atoms. The minimum atomic E-state index is -0.759. The highest BCUT2D eigenvalue weighted by Crippen LogP contribution is 2.37. The molecule has 7 heteroatoms. The van der Waals surface area contributed by atoms with Crippen LogP contribution in [0.1, 0.15) is 5.56 Å². The molecule has 0 saturated heterocycles. The molecular formula is C20H11BrF3NO2. The minimum Gasteiger partial charge on any atom is -0.494 e. The van der Waals surface area contributed by atoms with Crippen molar-refractivity contribution in [3.8, 4) is 34.4 Å². The van der Waals surface area contributed by atoms with Gasteiger partial charge in [0, 0.05) is 17.2 Å². The maximum absolute atomic E-state index is 14.4. The Morgan fingerprint density at radius 2 is 1.67 bits per heavy atom. The molecule has 0 heterocycles. The number of hydrogen-bond acceptors (Lipinski definition) is 3. The quantitative estimate of drug-likeness (QED) is 0.491. The zero-order chi connectivity index (χ0) is 19.6. The lowest BCUT2D eigenvalue weighted by Gasteiger charge is -2.13. The summed E-state index contributed by atoms with van der Waals surface area (Å²) in [5, 5.41) is 9.57. The number of halogens is 4. The van der Waals surface area contributed by atoms with Crippen LogP contribution in [0, 0.1) is 28.8 Å². The van der Waals surface area contributed by atoms with Crippen molar-refractivity contribution in [1.29, 1.82) is 5.26 Å². The molecule has 0 aliphatic rings. The first-order valence-electron chi connectivity index (χ1n) is 7.64. The monoisotopic (exact) mass is 433 g/mol. The van der Waals surface area contributed by atoms with E-state index in [2.05, 4.69) is 15.9 Å². The second-order valence-electron chi connectivity index (χ2n) is 5.43. The molecule has 0 fully saturated rings. The highest BCUT2D eigenvalue weighted by atomic mass is 79.9. The number of benzene rings is 3. The number of methoxy groups -OCH3 is 1. The summed E-state index contributed by atoms with van der Waals surface area (Å²) in [5.41, 5.74) is 0.0675. The summed E-state index contributed by atoms with van der Waals surface area (Å²) in [4.78, 5) is 0. The Morgan fingerprint density at radius 3 is 2.33 bits per heavy atom. The molecule has 0 bridgehead atoms. The van der Waals surface area contributed by atoms with E-state index in [4.69, 9.17) is 9.47 Å². The van der Waals surface area contributed by atoms with Crippen molar-refractivity contribution in [3.05, 3.63) is 76.0 Å². The van der Waals surface area contributed by atoms with Crippen molar-refractivity contribution in [1.82, 2.24) is 0 Å². The van der Waals surface area contributed by atoms with Crippen molar-refractivity contribution in [2.75, 3.05) is 7.11 Å². The third-order valence-electron chi connectivity index (χ3n) is 3.78. The van der Waals surface area contributed by atoms with Crippen LogP contribution in [0.5, 0.6) is 17.2 Å². The lowest BCUT2D eigenvalue weighted by molar-refractivity contribution is 0.383. The summed E-state index contributed by atoms with van der Waals surface area (Å²) in [6.45, 7) is 0. The Morgan fingerprint density at radius 1 is 0.889 bits per heavy atom. The molecule has 0 atom stereocenters. The minimum absolute atomic E-state index is 0.0113. The number of nitrogens with zero attached hydrogens (tertiary/aromatic N) is 1. The highest BCUT2D eigenvalue weighted by molar-refractivity contribution is 9.10. The van der Waals surface area contributed by atoms with Crippen LogP contribution in [0.3, 0.4) is 0 Å². The molecule has 3 aromatic rings. The van der Waals surface area contributed by atoms with Crippen LogP contribution < -0.4 is 9.47 Å². The summed E-state index contributed by atoms with van der Waals surface area (Å²) in [6.07, 6.45) is 0. The number of nitriles is 1. The Labute approximate surface area is 161 Å². The van der Waals surface area contributed by atoms with Gasteiger partial charge < -0.3 is 9.47 Å². The largest absolute Gasteiger partial charge is 0.494 e. The topological polar surface area (TPSA) is 42.2 Å². The molecule has 0 N–H and O–H groups in total. The van der Waals surface area contributed by atoms with Crippen LogP contribution in [0.2, 0.25) is 0 Å². The molecule has 0 aliphatic carbocycles. The van der Waals surface area contributed by atoms with Gasteiger partial charge in [0.15, 0.2) is 11.6 Å². The van der Waals surface area contributed by atoms with Crippen LogP contribution >= 0.6 is 15.9 Å². The fourth-order valence-corrected chi connectivity index (χ4v) is 2.96. The van der Waals surface area contributed by atoms with Gasteiger partial charge in [-0.2, -0.15) is 5.26 Å². The van der Waals surface area contributed by atoms with Gasteiger partial charge in [0.25, 0.3) is 0 Å². The van der Waals surface area contributed by atoms with Gasteiger partial charge in [0.05, 0.1) is 11.6 Å². The molecule has 136 valence electrons. The average molecular weight is 434 g/mol. The maximum Gasteiger partial charge on any atom is 0.165 e. The second-order valence-corrected chi connectivity index (χ2v) is 6.29. The molecule has 3 rings (SSSR count). The van der Waals surface area contributed by atoms with Crippen LogP contribution in [0.15, 0.2) is 53.0 Å². The van der Waals surface area contributed by atoms with Crippen molar-refractivity contribution in [2.45, 2.75) is 0 Å². The van der Waals surface area contributed by atoms with Crippen molar-refractivity contribution >= 4 is 15.9 Å². The first-order valence-corrected chi connectivity index (χ1v) is 8.43. The van der Waals surface area contributed by atoms with Gasteiger partial charge in [0.1, 0.15) is 34.8 Å². The predicted molar refractivity (Wildman–Crippen MR) is 97.2 cm³/mol. The van der Waals surface area contributed by atoms with Gasteiger partial charge in [-0.1, -0.05) is 12.1 Å². The molecule has 3 nitrogen and oxygen atoms in total. The zero-order valence-corrected chi connectivity index (χ0v) is 15.5. The van der Waals surface area contributed by atoms with Crippen molar-refractivity contribution in [2.24, 2.45) is 0 Å². The van der Waals surface area contributed by atoms with Gasteiger partial charge in [0.2, 0.25) is 0 Å². The van der Waals surface area contributed by atoms with E-state index < -0.39 is 17.5 Å². The van der Waals surface area contributed by atoms with Crippen molar-refractivity contribution < 1.29 is 22.6 Å². The van der Waals surface area contributed by atoms with Crippen LogP contribution in [0.25, 0.3) is 11.1 Å². The van der Waals surface area contributed by atoms with E-state index in [-0.39, 0.29) is 33.9 Å². The van der Waals surface area contributed by atoms with Crippen molar-refractivity contribution in [3.63, 3.8) is 0 Å². The van der Waals surface area contributed by atoms with Gasteiger partial charge >= 0.3 is 0 Å². The lowest BCUT2D eigenvalue weighted by Crippen LogP contribution is -1.96. The molecule has 3 aromatic carbocycles. The molecule has 0 radical (unpaired) electrons. The molecule has 0 aromatic heterocycles. The van der Waals surface area contributed by atoms with Gasteiger partial charge in [-0.05, 0) is 46.3 Å². The fourth-order valence-electron chi connectivity index (χ4n) is 2.52. The van der Waals surface area contributed by atoms with Crippen LogP contribution in [-0.4, -0.2) is 7.11 Å². The molecule has 0 amide bonds. The number of ether oxygens (including phenoxy) is 2. The third kappa shape index (κ3) is 3.76. The Bertz CT molecular complexity index is 1060. The van der Waals surface area contributed by atoms with E-state index in [1.54, 1.807) is 6.07 Å². The van der Waals surface area contributed by atoms with E-state index in [0.717, 1.165) is 12.1 Å². The van der Waals surface area contributed by atoms with E-state index in [0.29, 0.717) is 4.47 Å². The van der Waals surface area contributed by atoms with Crippen LogP contribution in [-0.2, 0) is 0 Å². The molecular weight excluding hydrogens is 423 g/mol. The fraction of sp³-hybridized carbons (Fsp3) is 0.0500. The Kier molecular flexibility index (Phi) is 5.38. The summed E-state index contributed by atoms with van der Waals surface area (Å²) in [5.74, 6) is -1.81. The van der Waals surface area contributed by atoms with Gasteiger partial charge in [-0.3, -0.25) is 0 Å². The van der Waals surface area contributed by atoms with E-state index in [1.165, 1.54) is 37.4 Å². The second kappa shape index (κ2) is 7.72. The molecule has 0 unspecified atom stereocenters. The Hall–Kier alpha value is -2.98. The van der Waals surface area contributed by atoms with E-state index >= 15 is 0 Å². The third-order valence-corrected chi connectivity index (χ3v) is 4.40. The summed E-state index contributed by atoms with van der Waals surface area (Å²) in [6, 6.07) is 12.2. The van der Waals surface area contributed by atoms with Gasteiger partial charge in [-0.25, -0.2) is 13.2 Å². The molecule has 27 heavy (non-hydrogen) atoms. The molecule has 0 aliphatic heterocycles. The summed E-state index contributed by atoms with van der Waals surface area (Å²) < 4.78 is 52.5. The summed E-state index contributed by atoms with van der Waals surface area (Å²) >= 11 is 3.18. The lowest BCUT2D eigenvalue weighted by atomic mass is 9.98. The first-order chi connectivity index (χ1) is 12.9. The number of rotatable bonds is 4. The highest BCUT2D eigenvalue weighted by Gasteiger charge is 2.18. The molecule has 0 saturated carbocycles. The predicted octanol–water partition coefficient (Wildman–Crippen LogP) is 6.21. The van der Waals surface area contributed by atoms with E-state index in [1.807, 2.05) is 6.07 Å². The normalized spacial score (nSPS) is 10.4. The smallest absolute Gasteiger partial charge is 0.165 e.